The van der Waals surface area contributed by atoms with Crippen LogP contribution in [0.25, 0.3) is 0 Å². The molecule has 10 heteroatoms. The number of carbonyl (C=O) groups is 2. The fourth-order valence-corrected chi connectivity index (χ4v) is 5.86. The first-order chi connectivity index (χ1) is 19.0. The Morgan fingerprint density at radius 2 is 1.65 bits per heavy atom. The van der Waals surface area contributed by atoms with Gasteiger partial charge in [-0.1, -0.05) is 52.7 Å². The first kappa shape index (κ1) is 31.2. The molecule has 2 atom stereocenters. The Morgan fingerprint density at radius 3 is 2.23 bits per heavy atom. The molecule has 0 heterocycles. The topological polar surface area (TPSA) is 96.0 Å². The summed E-state index contributed by atoms with van der Waals surface area (Å²) in [6.07, 6.45) is 0.734. The number of benzene rings is 3. The second-order valence-corrected chi connectivity index (χ2v) is 12.4. The molecule has 3 rings (SSSR count). The van der Waals surface area contributed by atoms with Crippen LogP contribution in [0.5, 0.6) is 5.75 Å². The van der Waals surface area contributed by atoms with E-state index >= 15 is 0 Å². The van der Waals surface area contributed by atoms with Gasteiger partial charge in [-0.05, 0) is 81.3 Å². The number of rotatable bonds is 12. The van der Waals surface area contributed by atoms with E-state index in [1.54, 1.807) is 43.3 Å². The van der Waals surface area contributed by atoms with Gasteiger partial charge < -0.3 is 15.0 Å². The molecule has 0 saturated heterocycles. The predicted octanol–water partition coefficient (Wildman–Crippen LogP) is 5.29. The zero-order valence-corrected chi connectivity index (χ0v) is 25.8. The number of sulfonamides is 1. The van der Waals surface area contributed by atoms with Gasteiger partial charge >= 0.3 is 0 Å². The zero-order chi connectivity index (χ0) is 29.4. The average molecular weight is 631 g/mol. The molecule has 3 aromatic carbocycles. The molecule has 0 aliphatic heterocycles. The Bertz CT molecular complexity index is 1410. The lowest BCUT2D eigenvalue weighted by atomic mass is 10.1. The van der Waals surface area contributed by atoms with Crippen molar-refractivity contribution >= 4 is 43.5 Å². The van der Waals surface area contributed by atoms with E-state index in [1.807, 2.05) is 45.0 Å². The fourth-order valence-electron chi connectivity index (χ4n) is 3.99. The van der Waals surface area contributed by atoms with Crippen LogP contribution in [0.3, 0.4) is 0 Å². The first-order valence-electron chi connectivity index (χ1n) is 13.0. The molecule has 214 valence electrons. The Hall–Kier alpha value is -3.37. The van der Waals surface area contributed by atoms with Crippen LogP contribution in [-0.2, 0) is 26.2 Å². The number of nitrogens with one attached hydrogen (secondary N) is 1. The number of halogens is 1. The van der Waals surface area contributed by atoms with Crippen molar-refractivity contribution in [3.05, 3.63) is 88.4 Å². The number of nitrogens with zero attached hydrogens (tertiary/aromatic N) is 2. The quantitative estimate of drug-likeness (QED) is 0.294. The molecule has 0 aliphatic carbocycles. The summed E-state index contributed by atoms with van der Waals surface area (Å²) in [6.45, 7) is 6.99. The van der Waals surface area contributed by atoms with E-state index in [0.717, 1.165) is 26.3 Å². The highest BCUT2D eigenvalue weighted by Crippen LogP contribution is 2.27. The van der Waals surface area contributed by atoms with Gasteiger partial charge in [0.15, 0.2) is 0 Å². The number of carbonyl (C=O) groups excluding carboxylic acids is 2. The first-order valence-corrected chi connectivity index (χ1v) is 15.3. The summed E-state index contributed by atoms with van der Waals surface area (Å²) in [6, 6.07) is 19.4. The average Bonchev–Trinajstić information content (AvgIpc) is 2.94. The molecule has 0 saturated carbocycles. The lowest BCUT2D eigenvalue weighted by Crippen LogP contribution is -2.52. The normalized spacial score (nSPS) is 12.8. The van der Waals surface area contributed by atoms with Crippen LogP contribution in [0.15, 0.2) is 82.2 Å². The van der Waals surface area contributed by atoms with Crippen molar-refractivity contribution in [3.8, 4) is 5.75 Å². The lowest BCUT2D eigenvalue weighted by Gasteiger charge is -2.32. The van der Waals surface area contributed by atoms with E-state index in [-0.39, 0.29) is 23.4 Å². The number of anilines is 1. The molecule has 1 N–H and O–H groups in total. The molecular formula is C30H36BrN3O5S. The maximum absolute atomic E-state index is 14.0. The van der Waals surface area contributed by atoms with E-state index in [9.17, 15) is 18.0 Å². The van der Waals surface area contributed by atoms with Gasteiger partial charge in [-0.15, -0.1) is 0 Å². The Kier molecular flexibility index (Phi) is 10.8. The molecule has 0 fully saturated rings. The molecule has 2 amide bonds. The van der Waals surface area contributed by atoms with Crippen molar-refractivity contribution in [1.82, 2.24) is 10.2 Å². The molecule has 8 nitrogen and oxygen atoms in total. The van der Waals surface area contributed by atoms with Crippen LogP contribution in [-0.4, -0.2) is 50.9 Å². The molecule has 0 unspecified atom stereocenters. The second kappa shape index (κ2) is 13.8. The third-order valence-corrected chi connectivity index (χ3v) is 8.94. The maximum atomic E-state index is 14.0. The Morgan fingerprint density at radius 1 is 1.00 bits per heavy atom. The summed E-state index contributed by atoms with van der Waals surface area (Å²) in [5, 5.41) is 2.93. The third kappa shape index (κ3) is 7.85. The van der Waals surface area contributed by atoms with Gasteiger partial charge in [0.2, 0.25) is 11.8 Å². The van der Waals surface area contributed by atoms with Gasteiger partial charge in [-0.2, -0.15) is 0 Å². The van der Waals surface area contributed by atoms with E-state index in [2.05, 4.69) is 21.2 Å². The molecule has 0 aliphatic rings. The van der Waals surface area contributed by atoms with Crippen molar-refractivity contribution in [3.63, 3.8) is 0 Å². The lowest BCUT2D eigenvalue weighted by molar-refractivity contribution is -0.139. The van der Waals surface area contributed by atoms with Gasteiger partial charge in [-0.3, -0.25) is 13.9 Å². The van der Waals surface area contributed by atoms with E-state index in [4.69, 9.17) is 4.74 Å². The monoisotopic (exact) mass is 629 g/mol. The number of hydrogen-bond acceptors (Lipinski definition) is 5. The highest BCUT2D eigenvalue weighted by molar-refractivity contribution is 9.10. The third-order valence-electron chi connectivity index (χ3n) is 6.66. The molecule has 0 bridgehead atoms. The molecule has 0 spiro atoms. The van der Waals surface area contributed by atoms with Crippen molar-refractivity contribution in [2.24, 2.45) is 0 Å². The van der Waals surface area contributed by atoms with Crippen molar-refractivity contribution in [2.45, 2.75) is 57.6 Å². The SMILES string of the molecule is CC[C@H](C)NC(=O)[C@@H](C)N(Cc1cccc(Br)c1)C(=O)CN(c1ccc(OC)cc1)S(=O)(=O)c1ccc(C)cc1. The van der Waals surface area contributed by atoms with E-state index in [0.29, 0.717) is 11.4 Å². The minimum Gasteiger partial charge on any atom is -0.497 e. The Labute approximate surface area is 245 Å². The number of aryl methyl sites for hydroxylation is 1. The predicted molar refractivity (Wildman–Crippen MR) is 161 cm³/mol. The number of methoxy groups -OCH3 is 1. The molecular weight excluding hydrogens is 594 g/mol. The van der Waals surface area contributed by atoms with Gasteiger partial charge in [-0.25, -0.2) is 8.42 Å². The number of ether oxygens (including phenoxy) is 1. The molecule has 3 aromatic rings. The van der Waals surface area contributed by atoms with Crippen molar-refractivity contribution in [2.75, 3.05) is 18.0 Å². The fraction of sp³-hybridized carbons (Fsp3) is 0.333. The minimum absolute atomic E-state index is 0.0582. The van der Waals surface area contributed by atoms with Crippen LogP contribution >= 0.6 is 15.9 Å². The standard InChI is InChI=1S/C30H36BrN3O5S/c1-6-22(3)32-30(36)23(4)33(19-24-8-7-9-25(31)18-24)29(35)20-34(26-12-14-27(39-5)15-13-26)40(37,38)28-16-10-21(2)11-17-28/h7-18,22-23H,6,19-20H2,1-5H3,(H,32,36)/t22-,23+/m0/s1. The van der Waals surface area contributed by atoms with E-state index < -0.39 is 28.5 Å². The highest BCUT2D eigenvalue weighted by Gasteiger charge is 2.32. The zero-order valence-electron chi connectivity index (χ0n) is 23.4. The van der Waals surface area contributed by atoms with E-state index in [1.165, 1.54) is 24.1 Å². The second-order valence-electron chi connectivity index (χ2n) is 9.67. The molecule has 40 heavy (non-hydrogen) atoms. The van der Waals surface area contributed by atoms with Crippen LogP contribution in [0.4, 0.5) is 5.69 Å². The molecule has 0 aromatic heterocycles. The van der Waals surface area contributed by atoms with Gasteiger partial charge in [0.25, 0.3) is 10.0 Å². The summed E-state index contributed by atoms with van der Waals surface area (Å²) >= 11 is 3.46. The van der Waals surface area contributed by atoms with Gasteiger partial charge in [0.05, 0.1) is 17.7 Å². The van der Waals surface area contributed by atoms with Crippen molar-refractivity contribution < 1.29 is 22.7 Å². The van der Waals surface area contributed by atoms with Gasteiger partial charge in [0, 0.05) is 17.1 Å². The van der Waals surface area contributed by atoms with Crippen LogP contribution < -0.4 is 14.4 Å². The summed E-state index contributed by atoms with van der Waals surface area (Å²) in [5.74, 6) is -0.275. The highest BCUT2D eigenvalue weighted by atomic mass is 79.9. The summed E-state index contributed by atoms with van der Waals surface area (Å²) in [7, 11) is -2.61. The summed E-state index contributed by atoms with van der Waals surface area (Å²) in [4.78, 5) is 28.6. The smallest absolute Gasteiger partial charge is 0.264 e. The van der Waals surface area contributed by atoms with Crippen LogP contribution in [0.1, 0.15) is 38.3 Å². The van der Waals surface area contributed by atoms with Crippen molar-refractivity contribution in [1.29, 1.82) is 0 Å². The summed E-state index contributed by atoms with van der Waals surface area (Å²) in [5.41, 5.74) is 2.00. The van der Waals surface area contributed by atoms with Gasteiger partial charge in [0.1, 0.15) is 18.3 Å². The van der Waals surface area contributed by atoms with Crippen LogP contribution in [0.2, 0.25) is 0 Å². The van der Waals surface area contributed by atoms with Crippen LogP contribution in [0, 0.1) is 6.92 Å². The Balaban J connectivity index is 2.03. The minimum atomic E-state index is -4.13. The largest absolute Gasteiger partial charge is 0.497 e. The number of hydrogen-bond donors (Lipinski definition) is 1. The summed E-state index contributed by atoms with van der Waals surface area (Å²) < 4.78 is 34.9. The number of amides is 2. The maximum Gasteiger partial charge on any atom is 0.264 e. The molecule has 0 radical (unpaired) electrons.